The van der Waals surface area contributed by atoms with E-state index in [-0.39, 0.29) is 11.7 Å². The number of carbonyl (C=O) groups excluding carboxylic acids is 2. The summed E-state index contributed by atoms with van der Waals surface area (Å²) >= 11 is 0. The third-order valence-corrected chi connectivity index (χ3v) is 3.41. The van der Waals surface area contributed by atoms with E-state index in [0.717, 1.165) is 11.3 Å². The number of benzene rings is 2. The van der Waals surface area contributed by atoms with Gasteiger partial charge in [-0.15, -0.1) is 0 Å². The molecule has 1 aliphatic rings. The lowest BCUT2D eigenvalue weighted by Crippen LogP contribution is -2.19. The molecular formula is C16H14N2O2. The highest BCUT2D eigenvalue weighted by molar-refractivity contribution is 6.10. The number of nitrogen functional groups attached to an aromatic ring is 1. The lowest BCUT2D eigenvalue weighted by molar-refractivity contribution is -0.116. The van der Waals surface area contributed by atoms with Crippen molar-refractivity contribution in [2.24, 2.45) is 0 Å². The number of fused-ring (bicyclic) bond motifs is 1. The summed E-state index contributed by atoms with van der Waals surface area (Å²) in [5.74, 6) is -0.0376. The van der Waals surface area contributed by atoms with Gasteiger partial charge in [0.1, 0.15) is 0 Å². The van der Waals surface area contributed by atoms with Crippen LogP contribution in [-0.4, -0.2) is 11.7 Å². The van der Waals surface area contributed by atoms with Crippen LogP contribution >= 0.6 is 0 Å². The predicted octanol–water partition coefficient (Wildman–Crippen LogP) is 2.38. The van der Waals surface area contributed by atoms with Crippen LogP contribution in [0, 0.1) is 0 Å². The first-order valence-electron chi connectivity index (χ1n) is 6.46. The van der Waals surface area contributed by atoms with Crippen molar-refractivity contribution in [3.8, 4) is 0 Å². The Kier molecular flexibility index (Phi) is 2.99. The summed E-state index contributed by atoms with van der Waals surface area (Å²) in [6.07, 6.45) is 1.13. The third-order valence-electron chi connectivity index (χ3n) is 3.41. The molecule has 100 valence electrons. The zero-order valence-electron chi connectivity index (χ0n) is 10.8. The Morgan fingerprint density at radius 1 is 1.05 bits per heavy atom. The summed E-state index contributed by atoms with van der Waals surface area (Å²) in [4.78, 5) is 23.7. The summed E-state index contributed by atoms with van der Waals surface area (Å²) in [5.41, 5.74) is 9.26. The van der Waals surface area contributed by atoms with Crippen LogP contribution in [0.5, 0.6) is 0 Å². The van der Waals surface area contributed by atoms with Gasteiger partial charge in [0, 0.05) is 28.9 Å². The Labute approximate surface area is 116 Å². The van der Waals surface area contributed by atoms with Crippen LogP contribution in [0.3, 0.4) is 0 Å². The quantitative estimate of drug-likeness (QED) is 0.647. The number of hydrogen-bond acceptors (Lipinski definition) is 3. The monoisotopic (exact) mass is 266 g/mol. The van der Waals surface area contributed by atoms with Gasteiger partial charge in [0.15, 0.2) is 5.78 Å². The summed E-state index contributed by atoms with van der Waals surface area (Å²) in [6, 6.07) is 12.3. The van der Waals surface area contributed by atoms with Crippen LogP contribution < -0.4 is 11.1 Å². The van der Waals surface area contributed by atoms with E-state index in [2.05, 4.69) is 5.32 Å². The van der Waals surface area contributed by atoms with Crippen molar-refractivity contribution >= 4 is 23.1 Å². The van der Waals surface area contributed by atoms with Crippen molar-refractivity contribution in [1.82, 2.24) is 0 Å². The molecule has 3 rings (SSSR count). The van der Waals surface area contributed by atoms with Gasteiger partial charge in [0.05, 0.1) is 0 Å². The standard InChI is InChI=1S/C16H14N2O2/c17-13-3-1-2-11(9-13)16(20)12-4-6-14-10(8-12)5-7-15(19)18-14/h1-4,6,8-9H,5,7,17H2,(H,18,19). The first-order chi connectivity index (χ1) is 9.63. The van der Waals surface area contributed by atoms with Crippen LogP contribution in [0.4, 0.5) is 11.4 Å². The molecule has 0 fully saturated rings. The summed E-state index contributed by atoms with van der Waals surface area (Å²) in [5, 5.41) is 2.80. The zero-order chi connectivity index (χ0) is 14.1. The fourth-order valence-corrected chi connectivity index (χ4v) is 2.37. The van der Waals surface area contributed by atoms with Crippen LogP contribution in [0.1, 0.15) is 27.9 Å². The second-order valence-electron chi connectivity index (χ2n) is 4.87. The minimum absolute atomic E-state index is 0.0207. The fraction of sp³-hybridized carbons (Fsp3) is 0.125. The fourth-order valence-electron chi connectivity index (χ4n) is 2.37. The van der Waals surface area contributed by atoms with Gasteiger partial charge in [0.2, 0.25) is 5.91 Å². The molecule has 3 N–H and O–H groups in total. The molecule has 0 atom stereocenters. The number of anilines is 2. The van der Waals surface area contributed by atoms with Gasteiger partial charge < -0.3 is 11.1 Å². The minimum atomic E-state index is -0.0583. The van der Waals surface area contributed by atoms with Gasteiger partial charge in [-0.05, 0) is 42.3 Å². The van der Waals surface area contributed by atoms with E-state index in [0.29, 0.717) is 29.7 Å². The molecule has 0 saturated heterocycles. The normalized spacial score (nSPS) is 13.5. The molecule has 0 saturated carbocycles. The van der Waals surface area contributed by atoms with Crippen molar-refractivity contribution in [2.75, 3.05) is 11.1 Å². The number of ketones is 1. The van der Waals surface area contributed by atoms with E-state index >= 15 is 0 Å². The summed E-state index contributed by atoms with van der Waals surface area (Å²) in [7, 11) is 0. The molecule has 20 heavy (non-hydrogen) atoms. The highest BCUT2D eigenvalue weighted by Gasteiger charge is 2.17. The Balaban J connectivity index is 1.95. The van der Waals surface area contributed by atoms with Gasteiger partial charge in [-0.1, -0.05) is 12.1 Å². The maximum absolute atomic E-state index is 12.4. The van der Waals surface area contributed by atoms with Gasteiger partial charge in [-0.25, -0.2) is 0 Å². The molecule has 1 amide bonds. The van der Waals surface area contributed by atoms with Crippen LogP contribution in [-0.2, 0) is 11.2 Å². The van der Waals surface area contributed by atoms with Crippen molar-refractivity contribution in [1.29, 1.82) is 0 Å². The molecule has 4 nitrogen and oxygen atoms in total. The summed E-state index contributed by atoms with van der Waals surface area (Å²) in [6.45, 7) is 0. The van der Waals surface area contributed by atoms with Gasteiger partial charge in [-0.2, -0.15) is 0 Å². The van der Waals surface area contributed by atoms with Crippen molar-refractivity contribution in [3.05, 3.63) is 59.2 Å². The maximum Gasteiger partial charge on any atom is 0.224 e. The van der Waals surface area contributed by atoms with Gasteiger partial charge in [0.25, 0.3) is 0 Å². The third kappa shape index (κ3) is 2.28. The second-order valence-corrected chi connectivity index (χ2v) is 4.87. The highest BCUT2D eigenvalue weighted by Crippen LogP contribution is 2.25. The molecule has 0 aromatic heterocycles. The van der Waals surface area contributed by atoms with Crippen LogP contribution in [0.25, 0.3) is 0 Å². The topological polar surface area (TPSA) is 72.2 Å². The largest absolute Gasteiger partial charge is 0.399 e. The molecule has 2 aromatic rings. The van der Waals surface area contributed by atoms with E-state index in [1.54, 1.807) is 36.4 Å². The van der Waals surface area contributed by atoms with Gasteiger partial charge in [-0.3, -0.25) is 9.59 Å². The van der Waals surface area contributed by atoms with E-state index in [9.17, 15) is 9.59 Å². The molecule has 1 heterocycles. The highest BCUT2D eigenvalue weighted by atomic mass is 16.1. The SMILES string of the molecule is Nc1cccc(C(=O)c2ccc3c(c2)CCC(=O)N3)c1. The molecule has 0 bridgehead atoms. The Bertz CT molecular complexity index is 707. The first-order valence-corrected chi connectivity index (χ1v) is 6.46. The average molecular weight is 266 g/mol. The maximum atomic E-state index is 12.4. The Hall–Kier alpha value is -2.62. The number of amides is 1. The van der Waals surface area contributed by atoms with E-state index < -0.39 is 0 Å². The number of aryl methyl sites for hydroxylation is 1. The molecule has 2 aromatic carbocycles. The smallest absolute Gasteiger partial charge is 0.224 e. The molecule has 4 heteroatoms. The minimum Gasteiger partial charge on any atom is -0.399 e. The Morgan fingerprint density at radius 3 is 2.65 bits per heavy atom. The first kappa shape index (κ1) is 12.4. The lowest BCUT2D eigenvalue weighted by Gasteiger charge is -2.17. The van der Waals surface area contributed by atoms with Crippen molar-refractivity contribution in [2.45, 2.75) is 12.8 Å². The van der Waals surface area contributed by atoms with E-state index in [1.807, 2.05) is 6.07 Å². The molecular weight excluding hydrogens is 252 g/mol. The molecule has 0 spiro atoms. The number of hydrogen-bond donors (Lipinski definition) is 2. The van der Waals surface area contributed by atoms with E-state index in [4.69, 9.17) is 5.73 Å². The second kappa shape index (κ2) is 4.81. The predicted molar refractivity (Wildman–Crippen MR) is 77.7 cm³/mol. The van der Waals surface area contributed by atoms with Crippen LogP contribution in [0.2, 0.25) is 0 Å². The molecule has 0 radical (unpaired) electrons. The number of nitrogens with two attached hydrogens (primary N) is 1. The van der Waals surface area contributed by atoms with Crippen LogP contribution in [0.15, 0.2) is 42.5 Å². The average Bonchev–Trinajstić information content (AvgIpc) is 2.46. The zero-order valence-corrected chi connectivity index (χ0v) is 10.8. The molecule has 0 aliphatic carbocycles. The van der Waals surface area contributed by atoms with Gasteiger partial charge >= 0.3 is 0 Å². The Morgan fingerprint density at radius 2 is 1.85 bits per heavy atom. The number of nitrogens with one attached hydrogen (secondary N) is 1. The van der Waals surface area contributed by atoms with Crippen molar-refractivity contribution < 1.29 is 9.59 Å². The van der Waals surface area contributed by atoms with Crippen molar-refractivity contribution in [3.63, 3.8) is 0 Å². The number of rotatable bonds is 2. The molecule has 1 aliphatic heterocycles. The number of carbonyl (C=O) groups is 2. The molecule has 0 unspecified atom stereocenters. The van der Waals surface area contributed by atoms with E-state index in [1.165, 1.54) is 0 Å². The lowest BCUT2D eigenvalue weighted by atomic mass is 9.96. The summed E-state index contributed by atoms with van der Waals surface area (Å²) < 4.78 is 0.